The third-order valence-electron chi connectivity index (χ3n) is 0.972. The van der Waals surface area contributed by atoms with E-state index in [0.717, 1.165) is 5.44 Å². The minimum Gasteiger partial charge on any atom is -0.223 e. The van der Waals surface area contributed by atoms with Crippen molar-refractivity contribution in [1.29, 1.82) is 0 Å². The summed E-state index contributed by atoms with van der Waals surface area (Å²) in [7, 11) is 1.81. The molecule has 8 heavy (non-hydrogen) atoms. The highest BCUT2D eigenvalue weighted by atomic mass is 31.0. The Balaban J connectivity index is 3.08. The SMILES string of the molecule is Cc1ccnc([PH3+])c1. The molecule has 1 unspecified atom stereocenters. The van der Waals surface area contributed by atoms with Crippen LogP contribution in [0.3, 0.4) is 0 Å². The standard InChI is InChI=1S/C6H8NP/c1-5-2-3-7-6(8)4-5/h2-4H,8H2,1H3/p+1. The summed E-state index contributed by atoms with van der Waals surface area (Å²) in [5, 5.41) is 0. The molecule has 0 radical (unpaired) electrons. The number of hydrogen-bond donors (Lipinski definition) is 0. The molecule has 0 saturated heterocycles. The number of rotatable bonds is 0. The van der Waals surface area contributed by atoms with E-state index in [4.69, 9.17) is 0 Å². The van der Waals surface area contributed by atoms with Crippen LogP contribution in [0.15, 0.2) is 18.3 Å². The van der Waals surface area contributed by atoms with Crippen LogP contribution in [-0.2, 0) is 0 Å². The summed E-state index contributed by atoms with van der Waals surface area (Å²) in [5.41, 5.74) is 2.40. The number of nitrogens with zero attached hydrogens (tertiary/aromatic N) is 1. The molecule has 1 aromatic heterocycles. The van der Waals surface area contributed by atoms with Crippen molar-refractivity contribution in [3.05, 3.63) is 23.9 Å². The fourth-order valence-corrected chi connectivity index (χ4v) is 1.03. The molecule has 0 amide bonds. The fourth-order valence-electron chi connectivity index (χ4n) is 0.599. The van der Waals surface area contributed by atoms with E-state index in [0.29, 0.717) is 0 Å². The Morgan fingerprint density at radius 3 is 2.75 bits per heavy atom. The van der Waals surface area contributed by atoms with Crippen molar-refractivity contribution in [3.63, 3.8) is 0 Å². The van der Waals surface area contributed by atoms with Crippen molar-refractivity contribution in [1.82, 2.24) is 4.98 Å². The van der Waals surface area contributed by atoms with Gasteiger partial charge in [0.25, 0.3) is 0 Å². The van der Waals surface area contributed by atoms with Gasteiger partial charge in [-0.3, -0.25) is 0 Å². The summed E-state index contributed by atoms with van der Waals surface area (Å²) < 4.78 is 0. The lowest BCUT2D eigenvalue weighted by Gasteiger charge is -1.86. The van der Waals surface area contributed by atoms with Gasteiger partial charge in [0, 0.05) is 21.5 Å². The molecule has 0 aliphatic heterocycles. The highest BCUT2D eigenvalue weighted by Gasteiger charge is 1.86. The van der Waals surface area contributed by atoms with E-state index in [1.54, 1.807) is 9.24 Å². The number of pyridine rings is 1. The molecule has 1 nitrogen and oxygen atoms in total. The molecule has 0 aliphatic rings. The largest absolute Gasteiger partial charge is 0.223 e. The first kappa shape index (κ1) is 5.71. The van der Waals surface area contributed by atoms with Crippen LogP contribution in [0.1, 0.15) is 5.56 Å². The van der Waals surface area contributed by atoms with E-state index >= 15 is 0 Å². The van der Waals surface area contributed by atoms with E-state index in [-0.39, 0.29) is 0 Å². The Bertz CT molecular complexity index is 168. The maximum atomic E-state index is 4.05. The molecule has 0 bridgehead atoms. The molecule has 1 aromatic rings. The molecule has 0 aromatic carbocycles. The Hall–Kier alpha value is -0.420. The van der Waals surface area contributed by atoms with Gasteiger partial charge in [-0.1, -0.05) is 0 Å². The molecule has 0 N–H and O–H groups in total. The summed E-state index contributed by atoms with van der Waals surface area (Å²) in [4.78, 5) is 4.05. The maximum Gasteiger partial charge on any atom is 0.174 e. The smallest absolute Gasteiger partial charge is 0.174 e. The summed E-state index contributed by atoms with van der Waals surface area (Å²) in [5.74, 6) is 0. The van der Waals surface area contributed by atoms with Gasteiger partial charge in [0.2, 0.25) is 0 Å². The first-order valence-corrected chi connectivity index (χ1v) is 3.24. The van der Waals surface area contributed by atoms with E-state index in [1.807, 2.05) is 12.3 Å². The second-order valence-electron chi connectivity index (χ2n) is 1.82. The molecule has 1 heterocycles. The fraction of sp³-hybridized carbons (Fsp3) is 0.167. The number of aryl methyl sites for hydroxylation is 1. The van der Waals surface area contributed by atoms with Gasteiger partial charge in [-0.05, 0) is 18.6 Å². The van der Waals surface area contributed by atoms with Crippen LogP contribution >= 0.6 is 9.24 Å². The number of hydrogen-bond acceptors (Lipinski definition) is 1. The first-order chi connectivity index (χ1) is 3.79. The summed E-state index contributed by atoms with van der Waals surface area (Å²) >= 11 is 0. The summed E-state index contributed by atoms with van der Waals surface area (Å²) in [6.45, 7) is 2.07. The molecule has 0 spiro atoms. The van der Waals surface area contributed by atoms with E-state index in [1.165, 1.54) is 5.56 Å². The van der Waals surface area contributed by atoms with Crippen molar-refractivity contribution in [2.75, 3.05) is 0 Å². The van der Waals surface area contributed by atoms with Crippen molar-refractivity contribution in [2.24, 2.45) is 0 Å². The Morgan fingerprint density at radius 1 is 1.62 bits per heavy atom. The molecular formula is C6H9NP+. The van der Waals surface area contributed by atoms with Crippen molar-refractivity contribution >= 4 is 14.7 Å². The average molecular weight is 126 g/mol. The zero-order valence-corrected chi connectivity index (χ0v) is 6.30. The molecule has 2 heteroatoms. The molecule has 0 aliphatic carbocycles. The van der Waals surface area contributed by atoms with Gasteiger partial charge in [-0.15, -0.1) is 0 Å². The lowest BCUT2D eigenvalue weighted by Crippen LogP contribution is -1.94. The van der Waals surface area contributed by atoms with Crippen LogP contribution in [0.5, 0.6) is 0 Å². The zero-order chi connectivity index (χ0) is 5.98. The highest BCUT2D eigenvalue weighted by Crippen LogP contribution is 1.91. The molecule has 1 atom stereocenters. The van der Waals surface area contributed by atoms with Crippen LogP contribution in [0.2, 0.25) is 0 Å². The van der Waals surface area contributed by atoms with Gasteiger partial charge in [-0.2, -0.15) is 0 Å². The lowest BCUT2D eigenvalue weighted by atomic mass is 10.3. The molecule has 42 valence electrons. The quantitative estimate of drug-likeness (QED) is 0.464. The van der Waals surface area contributed by atoms with Gasteiger partial charge in [0.05, 0.1) is 0 Å². The summed E-state index contributed by atoms with van der Waals surface area (Å²) in [6, 6.07) is 4.07. The van der Waals surface area contributed by atoms with E-state index < -0.39 is 0 Å². The van der Waals surface area contributed by atoms with Crippen LogP contribution in [0.25, 0.3) is 0 Å². The van der Waals surface area contributed by atoms with Crippen molar-refractivity contribution in [2.45, 2.75) is 6.92 Å². The highest BCUT2D eigenvalue weighted by molar-refractivity contribution is 7.26. The third kappa shape index (κ3) is 1.28. The third-order valence-corrected chi connectivity index (χ3v) is 1.36. The second kappa shape index (κ2) is 2.23. The van der Waals surface area contributed by atoms with E-state index in [2.05, 4.69) is 18.0 Å². The molecular weight excluding hydrogens is 117 g/mol. The van der Waals surface area contributed by atoms with E-state index in [9.17, 15) is 0 Å². The Labute approximate surface area is 51.3 Å². The van der Waals surface area contributed by atoms with Gasteiger partial charge in [-0.25, -0.2) is 4.98 Å². The summed E-state index contributed by atoms with van der Waals surface area (Å²) in [6.07, 6.45) is 1.83. The van der Waals surface area contributed by atoms with Crippen LogP contribution in [0.4, 0.5) is 0 Å². The predicted octanol–water partition coefficient (Wildman–Crippen LogP) is 0.623. The molecule has 1 rings (SSSR count). The van der Waals surface area contributed by atoms with Crippen LogP contribution in [0, 0.1) is 6.92 Å². The topological polar surface area (TPSA) is 12.9 Å². The molecule has 0 fully saturated rings. The Morgan fingerprint density at radius 2 is 2.38 bits per heavy atom. The minimum absolute atomic E-state index is 1.12. The lowest BCUT2D eigenvalue weighted by molar-refractivity contribution is 1.34. The monoisotopic (exact) mass is 126 g/mol. The van der Waals surface area contributed by atoms with Gasteiger partial charge in [0.1, 0.15) is 0 Å². The predicted molar refractivity (Wildman–Crippen MR) is 39.7 cm³/mol. The Kier molecular flexibility index (Phi) is 1.59. The zero-order valence-electron chi connectivity index (χ0n) is 4.89. The van der Waals surface area contributed by atoms with Gasteiger partial charge in [0.15, 0.2) is 5.44 Å². The normalized spacial score (nSPS) is 9.62. The van der Waals surface area contributed by atoms with Crippen molar-refractivity contribution in [3.8, 4) is 0 Å². The van der Waals surface area contributed by atoms with Gasteiger partial charge >= 0.3 is 0 Å². The van der Waals surface area contributed by atoms with Crippen LogP contribution < -0.4 is 5.44 Å². The van der Waals surface area contributed by atoms with Crippen LogP contribution in [-0.4, -0.2) is 4.98 Å². The van der Waals surface area contributed by atoms with Gasteiger partial charge < -0.3 is 0 Å². The average Bonchev–Trinajstić information content (AvgIpc) is 1.64. The number of aromatic nitrogens is 1. The minimum atomic E-state index is 1.12. The maximum absolute atomic E-state index is 4.05. The second-order valence-corrected chi connectivity index (χ2v) is 2.55. The van der Waals surface area contributed by atoms with Crippen molar-refractivity contribution < 1.29 is 0 Å². The first-order valence-electron chi connectivity index (χ1n) is 2.53. The molecule has 0 saturated carbocycles.